The molecule has 162 valence electrons. The Labute approximate surface area is 189 Å². The van der Waals surface area contributed by atoms with E-state index in [-0.39, 0.29) is 11.8 Å². The smallest absolute Gasteiger partial charge is 0.282 e. The van der Waals surface area contributed by atoms with Gasteiger partial charge in [-0.2, -0.15) is 0 Å². The van der Waals surface area contributed by atoms with Crippen LogP contribution in [0.3, 0.4) is 0 Å². The first kappa shape index (κ1) is 21.6. The second kappa shape index (κ2) is 8.83. The molecule has 4 heteroatoms. The molecule has 0 aromatic heterocycles. The maximum absolute atomic E-state index is 13.8. The number of imide groups is 1. The third kappa shape index (κ3) is 3.96. The van der Waals surface area contributed by atoms with Crippen LogP contribution in [-0.4, -0.2) is 23.3 Å². The fourth-order valence-electron chi connectivity index (χ4n) is 4.04. The molecule has 0 spiro atoms. The summed E-state index contributed by atoms with van der Waals surface area (Å²) in [7, 11) is 0. The maximum atomic E-state index is 13.8. The number of likely N-dealkylation sites (N-methyl/N-ethyl adjacent to an activating group) is 1. The molecule has 4 nitrogen and oxygen atoms in total. The van der Waals surface area contributed by atoms with Crippen LogP contribution in [0.5, 0.6) is 0 Å². The zero-order valence-corrected chi connectivity index (χ0v) is 19.1. The molecule has 0 saturated heterocycles. The number of amides is 2. The molecule has 0 N–H and O–H groups in total. The summed E-state index contributed by atoms with van der Waals surface area (Å²) >= 11 is 0. The predicted molar refractivity (Wildman–Crippen MR) is 129 cm³/mol. The number of carbonyl (C=O) groups is 2. The first-order chi connectivity index (χ1) is 15.4. The van der Waals surface area contributed by atoms with Gasteiger partial charge in [-0.05, 0) is 62.1 Å². The van der Waals surface area contributed by atoms with E-state index in [9.17, 15) is 9.59 Å². The van der Waals surface area contributed by atoms with Gasteiger partial charge in [-0.1, -0.05) is 66.2 Å². The van der Waals surface area contributed by atoms with Crippen molar-refractivity contribution >= 4 is 23.1 Å². The molecule has 0 fully saturated rings. The molecule has 1 aliphatic heterocycles. The first-order valence-corrected chi connectivity index (χ1v) is 11.0. The van der Waals surface area contributed by atoms with E-state index < -0.39 is 0 Å². The summed E-state index contributed by atoms with van der Waals surface area (Å²) in [5, 5.41) is 0. The molecule has 0 atom stereocenters. The molecular weight excluding hydrogens is 396 g/mol. The average molecular weight is 425 g/mol. The maximum Gasteiger partial charge on any atom is 0.282 e. The van der Waals surface area contributed by atoms with E-state index in [0.717, 1.165) is 27.8 Å². The lowest BCUT2D eigenvalue weighted by Crippen LogP contribution is -2.35. The van der Waals surface area contributed by atoms with Crippen LogP contribution in [0, 0.1) is 20.8 Å². The van der Waals surface area contributed by atoms with Gasteiger partial charge < -0.3 is 4.90 Å². The Kier molecular flexibility index (Phi) is 5.95. The summed E-state index contributed by atoms with van der Waals surface area (Å²) in [6.07, 6.45) is 0. The SMILES string of the molecule is CCN(Cc1ccccc1)C1=C(c2ccc(C)cc2)C(=O)N(c2ccc(C)c(C)c2)C1=O. The summed E-state index contributed by atoms with van der Waals surface area (Å²) in [6, 6.07) is 23.5. The fraction of sp³-hybridized carbons (Fsp3) is 0.214. The minimum Gasteiger partial charge on any atom is -0.362 e. The van der Waals surface area contributed by atoms with Crippen LogP contribution in [0.15, 0.2) is 78.5 Å². The van der Waals surface area contributed by atoms with Crippen LogP contribution in [-0.2, 0) is 16.1 Å². The molecule has 32 heavy (non-hydrogen) atoms. The van der Waals surface area contributed by atoms with Crippen LogP contribution in [0.1, 0.15) is 34.7 Å². The molecule has 0 bridgehead atoms. The lowest BCUT2D eigenvalue weighted by molar-refractivity contribution is -0.120. The summed E-state index contributed by atoms with van der Waals surface area (Å²) in [4.78, 5) is 30.8. The Morgan fingerprint density at radius 3 is 2.09 bits per heavy atom. The monoisotopic (exact) mass is 424 g/mol. The molecular formula is C28H28N2O2. The van der Waals surface area contributed by atoms with Crippen molar-refractivity contribution in [1.29, 1.82) is 0 Å². The zero-order valence-electron chi connectivity index (χ0n) is 19.1. The van der Waals surface area contributed by atoms with Crippen molar-refractivity contribution in [2.24, 2.45) is 0 Å². The molecule has 3 aromatic rings. The summed E-state index contributed by atoms with van der Waals surface area (Å²) in [5.74, 6) is -0.546. The number of hydrogen-bond donors (Lipinski definition) is 0. The molecule has 0 radical (unpaired) electrons. The van der Waals surface area contributed by atoms with Crippen molar-refractivity contribution < 1.29 is 9.59 Å². The Morgan fingerprint density at radius 1 is 0.781 bits per heavy atom. The average Bonchev–Trinajstić information content (AvgIpc) is 3.05. The van der Waals surface area contributed by atoms with Crippen molar-refractivity contribution in [3.05, 3.63) is 106 Å². The number of carbonyl (C=O) groups excluding carboxylic acids is 2. The number of anilines is 1. The lowest BCUT2D eigenvalue weighted by Gasteiger charge is -2.25. The van der Waals surface area contributed by atoms with Gasteiger partial charge >= 0.3 is 0 Å². The van der Waals surface area contributed by atoms with E-state index in [1.165, 1.54) is 4.90 Å². The van der Waals surface area contributed by atoms with Crippen LogP contribution < -0.4 is 4.90 Å². The van der Waals surface area contributed by atoms with Crippen molar-refractivity contribution in [3.63, 3.8) is 0 Å². The number of nitrogens with zero attached hydrogens (tertiary/aromatic N) is 2. The van der Waals surface area contributed by atoms with E-state index in [1.807, 2.05) is 105 Å². The fourth-order valence-corrected chi connectivity index (χ4v) is 4.04. The summed E-state index contributed by atoms with van der Waals surface area (Å²) in [5.41, 5.74) is 6.67. The van der Waals surface area contributed by atoms with Crippen molar-refractivity contribution in [2.75, 3.05) is 11.4 Å². The highest BCUT2D eigenvalue weighted by Crippen LogP contribution is 2.36. The number of rotatable bonds is 6. The van der Waals surface area contributed by atoms with Gasteiger partial charge in [0.15, 0.2) is 0 Å². The van der Waals surface area contributed by atoms with Crippen molar-refractivity contribution in [3.8, 4) is 0 Å². The number of hydrogen-bond acceptors (Lipinski definition) is 3. The van der Waals surface area contributed by atoms with Crippen molar-refractivity contribution in [2.45, 2.75) is 34.2 Å². The van der Waals surface area contributed by atoms with E-state index >= 15 is 0 Å². The molecule has 1 aliphatic rings. The minimum absolute atomic E-state index is 0.272. The minimum atomic E-state index is -0.274. The second-order valence-corrected chi connectivity index (χ2v) is 8.30. The Morgan fingerprint density at radius 2 is 1.47 bits per heavy atom. The van der Waals surface area contributed by atoms with E-state index in [4.69, 9.17) is 0 Å². The predicted octanol–water partition coefficient (Wildman–Crippen LogP) is 5.42. The molecule has 2 amide bonds. The quantitative estimate of drug-likeness (QED) is 0.496. The van der Waals surface area contributed by atoms with Gasteiger partial charge in [-0.25, -0.2) is 4.90 Å². The zero-order chi connectivity index (χ0) is 22.8. The Hall–Kier alpha value is -3.66. The van der Waals surface area contributed by atoms with Gasteiger partial charge in [0.05, 0.1) is 11.3 Å². The highest BCUT2D eigenvalue weighted by molar-refractivity contribution is 6.45. The van der Waals surface area contributed by atoms with E-state index in [0.29, 0.717) is 30.0 Å². The molecule has 4 rings (SSSR count). The third-order valence-corrected chi connectivity index (χ3v) is 6.06. The van der Waals surface area contributed by atoms with Gasteiger partial charge in [0, 0.05) is 13.1 Å². The number of aryl methyl sites for hydroxylation is 3. The van der Waals surface area contributed by atoms with Gasteiger partial charge in [-0.3, -0.25) is 9.59 Å². The highest BCUT2D eigenvalue weighted by atomic mass is 16.2. The number of benzene rings is 3. The van der Waals surface area contributed by atoms with Crippen LogP contribution >= 0.6 is 0 Å². The second-order valence-electron chi connectivity index (χ2n) is 8.30. The van der Waals surface area contributed by atoms with Gasteiger partial charge in [0.25, 0.3) is 11.8 Å². The van der Waals surface area contributed by atoms with Crippen molar-refractivity contribution in [1.82, 2.24) is 4.90 Å². The molecule has 3 aromatic carbocycles. The normalized spacial score (nSPS) is 13.8. The Balaban J connectivity index is 1.83. The van der Waals surface area contributed by atoms with Gasteiger partial charge in [-0.15, -0.1) is 0 Å². The molecule has 0 saturated carbocycles. The van der Waals surface area contributed by atoms with Gasteiger partial charge in [0.1, 0.15) is 5.70 Å². The first-order valence-electron chi connectivity index (χ1n) is 11.0. The topological polar surface area (TPSA) is 40.6 Å². The van der Waals surface area contributed by atoms with E-state index in [2.05, 4.69) is 0 Å². The molecule has 0 unspecified atom stereocenters. The highest BCUT2D eigenvalue weighted by Gasteiger charge is 2.42. The Bertz CT molecular complexity index is 1190. The lowest BCUT2D eigenvalue weighted by atomic mass is 10.0. The van der Waals surface area contributed by atoms with Crippen LogP contribution in [0.4, 0.5) is 5.69 Å². The standard InChI is InChI=1S/C28H28N2O2/c1-5-29(18-22-9-7-6-8-10-22)26-25(23-14-11-19(2)12-15-23)27(31)30(28(26)32)24-16-13-20(3)21(4)17-24/h6-17H,5,18H2,1-4H3. The largest absolute Gasteiger partial charge is 0.362 e. The summed E-state index contributed by atoms with van der Waals surface area (Å²) in [6.45, 7) is 9.20. The van der Waals surface area contributed by atoms with E-state index in [1.54, 1.807) is 0 Å². The van der Waals surface area contributed by atoms with Crippen LogP contribution in [0.25, 0.3) is 5.57 Å². The third-order valence-electron chi connectivity index (χ3n) is 6.06. The van der Waals surface area contributed by atoms with Crippen LogP contribution in [0.2, 0.25) is 0 Å². The summed E-state index contributed by atoms with van der Waals surface area (Å²) < 4.78 is 0. The van der Waals surface area contributed by atoms with Gasteiger partial charge in [0.2, 0.25) is 0 Å². The molecule has 1 heterocycles. The molecule has 0 aliphatic carbocycles.